The fraction of sp³-hybridized carbons (Fsp3) is 0.784. The first-order chi connectivity index (χ1) is 28.0. The highest BCUT2D eigenvalue weighted by Gasteiger charge is 2.19. The lowest BCUT2D eigenvalue weighted by Gasteiger charge is -2.18. The third-order valence-electron chi connectivity index (χ3n) is 10.3. The maximum atomic E-state index is 12.7. The van der Waals surface area contributed by atoms with Gasteiger partial charge in [-0.3, -0.25) is 14.4 Å². The number of esters is 3. The van der Waals surface area contributed by atoms with Gasteiger partial charge in [0.2, 0.25) is 0 Å². The van der Waals surface area contributed by atoms with Crippen molar-refractivity contribution in [1.29, 1.82) is 0 Å². The summed E-state index contributed by atoms with van der Waals surface area (Å²) in [7, 11) is 0. The predicted molar refractivity (Wildman–Crippen MR) is 242 cm³/mol. The predicted octanol–water partition coefficient (Wildman–Crippen LogP) is 15.5. The third kappa shape index (κ3) is 44.3. The first kappa shape index (κ1) is 54.4. The quantitative estimate of drug-likeness (QED) is 0.0265. The van der Waals surface area contributed by atoms with E-state index in [1.165, 1.54) is 128 Å². The lowest BCUT2D eigenvalue weighted by molar-refractivity contribution is -0.166. The number of unbranched alkanes of at least 4 members (excludes halogenated alkanes) is 24. The molecule has 0 saturated carbocycles. The van der Waals surface area contributed by atoms with Crippen LogP contribution in [0.25, 0.3) is 0 Å². The summed E-state index contributed by atoms with van der Waals surface area (Å²) in [6, 6.07) is 0. The standard InChI is InChI=1S/C51H90O6/c1-4-7-10-13-16-19-21-23-24-25-26-28-29-32-35-38-41-44-50(53)56-47-48(46-55-49(52)43-40-37-34-31-18-15-12-9-6-3)57-51(54)45-42-39-36-33-30-27-22-20-17-14-11-8-5-2/h16,19,23-24,27,30,36,39,48H,4-15,17-18,20-22,25-26,28-29,31-35,37-38,40-47H2,1-3H3/b19-16-,24-23-,30-27-,39-36-. The summed E-state index contributed by atoms with van der Waals surface area (Å²) in [6.45, 7) is 6.52. The maximum absolute atomic E-state index is 12.7. The Morgan fingerprint density at radius 2 is 0.667 bits per heavy atom. The minimum absolute atomic E-state index is 0.0967. The monoisotopic (exact) mass is 799 g/mol. The molecule has 1 unspecified atom stereocenters. The maximum Gasteiger partial charge on any atom is 0.306 e. The van der Waals surface area contributed by atoms with Gasteiger partial charge in [-0.25, -0.2) is 0 Å². The van der Waals surface area contributed by atoms with Gasteiger partial charge in [-0.15, -0.1) is 0 Å². The number of rotatable bonds is 43. The molecule has 0 aromatic heterocycles. The minimum atomic E-state index is -0.802. The number of carbonyl (C=O) groups is 3. The van der Waals surface area contributed by atoms with Crippen molar-refractivity contribution < 1.29 is 28.6 Å². The zero-order valence-electron chi connectivity index (χ0n) is 37.6. The van der Waals surface area contributed by atoms with Crippen LogP contribution in [0.4, 0.5) is 0 Å². The van der Waals surface area contributed by atoms with E-state index in [1.54, 1.807) is 0 Å². The van der Waals surface area contributed by atoms with Gasteiger partial charge in [0, 0.05) is 19.3 Å². The molecule has 1 atom stereocenters. The molecule has 0 N–H and O–H groups in total. The van der Waals surface area contributed by atoms with Gasteiger partial charge in [0.1, 0.15) is 13.2 Å². The molecule has 0 aromatic carbocycles. The Labute approximate surface area is 352 Å². The largest absolute Gasteiger partial charge is 0.462 e. The van der Waals surface area contributed by atoms with Crippen molar-refractivity contribution in [3.8, 4) is 0 Å². The average molecular weight is 799 g/mol. The van der Waals surface area contributed by atoms with E-state index in [4.69, 9.17) is 14.2 Å². The lowest BCUT2D eigenvalue weighted by atomic mass is 10.1. The second-order valence-corrected chi connectivity index (χ2v) is 16.0. The minimum Gasteiger partial charge on any atom is -0.462 e. The van der Waals surface area contributed by atoms with Gasteiger partial charge in [-0.2, -0.15) is 0 Å². The van der Waals surface area contributed by atoms with E-state index in [9.17, 15) is 14.4 Å². The highest BCUT2D eigenvalue weighted by molar-refractivity contribution is 5.71. The Balaban J connectivity index is 4.39. The van der Waals surface area contributed by atoms with Gasteiger partial charge in [0.05, 0.1) is 0 Å². The van der Waals surface area contributed by atoms with Crippen molar-refractivity contribution >= 4 is 17.9 Å². The van der Waals surface area contributed by atoms with E-state index in [-0.39, 0.29) is 37.5 Å². The average Bonchev–Trinajstić information content (AvgIpc) is 3.21. The van der Waals surface area contributed by atoms with Crippen LogP contribution in [-0.4, -0.2) is 37.2 Å². The van der Waals surface area contributed by atoms with Crippen LogP contribution in [0.1, 0.15) is 239 Å². The number of hydrogen-bond donors (Lipinski definition) is 0. The van der Waals surface area contributed by atoms with Gasteiger partial charge in [0.25, 0.3) is 0 Å². The Morgan fingerprint density at radius 3 is 1.07 bits per heavy atom. The van der Waals surface area contributed by atoms with Crippen LogP contribution in [0.3, 0.4) is 0 Å². The Bertz CT molecular complexity index is 1010. The Kier molecular flexibility index (Phi) is 43.9. The molecule has 0 rings (SSSR count). The second kappa shape index (κ2) is 46.1. The van der Waals surface area contributed by atoms with Crippen molar-refractivity contribution in [3.63, 3.8) is 0 Å². The van der Waals surface area contributed by atoms with E-state index in [2.05, 4.69) is 63.3 Å². The highest BCUT2D eigenvalue weighted by atomic mass is 16.6. The SMILES string of the molecule is CCCCC/C=C\C/C=C\CCCCCCCCCC(=O)OCC(COC(=O)CCCCCCCCCCC)OC(=O)CC/C=C\C/C=C\CCCCCCCC. The first-order valence-electron chi connectivity index (χ1n) is 24.1. The number of ether oxygens (including phenoxy) is 3. The van der Waals surface area contributed by atoms with Crippen LogP contribution in [0.2, 0.25) is 0 Å². The van der Waals surface area contributed by atoms with E-state index in [1.807, 2.05) is 6.08 Å². The number of hydrogen-bond acceptors (Lipinski definition) is 6. The van der Waals surface area contributed by atoms with Crippen LogP contribution < -0.4 is 0 Å². The molecule has 0 amide bonds. The zero-order chi connectivity index (χ0) is 41.5. The van der Waals surface area contributed by atoms with Crippen LogP contribution in [0, 0.1) is 0 Å². The van der Waals surface area contributed by atoms with Crippen molar-refractivity contribution in [1.82, 2.24) is 0 Å². The van der Waals surface area contributed by atoms with E-state index >= 15 is 0 Å². The second-order valence-electron chi connectivity index (χ2n) is 16.0. The van der Waals surface area contributed by atoms with Crippen LogP contribution in [0.5, 0.6) is 0 Å². The molecule has 0 aliphatic heterocycles. The molecule has 0 bridgehead atoms. The van der Waals surface area contributed by atoms with E-state index in [0.717, 1.165) is 64.2 Å². The molecule has 0 spiro atoms. The first-order valence-corrected chi connectivity index (χ1v) is 24.1. The molecule has 0 saturated heterocycles. The molecule has 0 fully saturated rings. The molecular weight excluding hydrogens is 709 g/mol. The molecule has 330 valence electrons. The molecule has 0 aliphatic carbocycles. The van der Waals surface area contributed by atoms with E-state index in [0.29, 0.717) is 19.3 Å². The normalized spacial score (nSPS) is 12.4. The van der Waals surface area contributed by atoms with Crippen molar-refractivity contribution in [2.24, 2.45) is 0 Å². The molecule has 0 aromatic rings. The lowest BCUT2D eigenvalue weighted by Crippen LogP contribution is -2.30. The summed E-state index contributed by atoms with van der Waals surface area (Å²) >= 11 is 0. The summed E-state index contributed by atoms with van der Waals surface area (Å²) in [4.78, 5) is 37.7. The summed E-state index contributed by atoms with van der Waals surface area (Å²) in [6.07, 6.45) is 53.9. The number of carbonyl (C=O) groups excluding carboxylic acids is 3. The Hall–Kier alpha value is -2.63. The summed E-state index contributed by atoms with van der Waals surface area (Å²) in [5.41, 5.74) is 0. The third-order valence-corrected chi connectivity index (χ3v) is 10.3. The van der Waals surface area contributed by atoms with Gasteiger partial charge in [-0.05, 0) is 70.6 Å². The van der Waals surface area contributed by atoms with Gasteiger partial charge in [-0.1, -0.05) is 198 Å². The molecule has 0 heterocycles. The fourth-order valence-corrected chi connectivity index (χ4v) is 6.64. The Morgan fingerprint density at radius 1 is 0.351 bits per heavy atom. The van der Waals surface area contributed by atoms with Gasteiger partial charge in [0.15, 0.2) is 6.10 Å². The summed E-state index contributed by atoms with van der Waals surface area (Å²) in [5.74, 6) is -0.974. The van der Waals surface area contributed by atoms with Crippen molar-refractivity contribution in [3.05, 3.63) is 48.6 Å². The fourth-order valence-electron chi connectivity index (χ4n) is 6.64. The summed E-state index contributed by atoms with van der Waals surface area (Å²) in [5, 5.41) is 0. The van der Waals surface area contributed by atoms with Gasteiger partial charge >= 0.3 is 17.9 Å². The van der Waals surface area contributed by atoms with Gasteiger partial charge < -0.3 is 14.2 Å². The highest BCUT2D eigenvalue weighted by Crippen LogP contribution is 2.13. The molecule has 57 heavy (non-hydrogen) atoms. The summed E-state index contributed by atoms with van der Waals surface area (Å²) < 4.78 is 16.6. The number of allylic oxidation sites excluding steroid dienone is 8. The molecular formula is C51H90O6. The van der Waals surface area contributed by atoms with Crippen LogP contribution in [-0.2, 0) is 28.6 Å². The van der Waals surface area contributed by atoms with Crippen LogP contribution >= 0.6 is 0 Å². The van der Waals surface area contributed by atoms with Crippen LogP contribution in [0.15, 0.2) is 48.6 Å². The van der Waals surface area contributed by atoms with E-state index < -0.39 is 6.10 Å². The zero-order valence-corrected chi connectivity index (χ0v) is 37.6. The van der Waals surface area contributed by atoms with Crippen molar-refractivity contribution in [2.75, 3.05) is 13.2 Å². The topological polar surface area (TPSA) is 78.9 Å². The molecule has 0 radical (unpaired) electrons. The smallest absolute Gasteiger partial charge is 0.306 e. The molecule has 6 nitrogen and oxygen atoms in total. The van der Waals surface area contributed by atoms with Crippen molar-refractivity contribution in [2.45, 2.75) is 245 Å². The molecule has 6 heteroatoms. The molecule has 0 aliphatic rings.